The number of oxime groups is 1. The number of hydrogen-bond donors (Lipinski definition) is 0. The first-order chi connectivity index (χ1) is 12.9. The maximum absolute atomic E-state index is 12.8. The summed E-state index contributed by atoms with van der Waals surface area (Å²) in [5.41, 5.74) is 0.602. The lowest BCUT2D eigenvalue weighted by Crippen LogP contribution is -2.15. The second kappa shape index (κ2) is 9.06. The fourth-order valence-corrected chi connectivity index (χ4v) is 2.38. The molecule has 1 heterocycles. The predicted molar refractivity (Wildman–Crippen MR) is 93.3 cm³/mol. The molecule has 148 valence electrons. The van der Waals surface area contributed by atoms with Crippen LogP contribution in [0, 0.1) is 0 Å². The van der Waals surface area contributed by atoms with Crippen LogP contribution in [0.4, 0.5) is 8.78 Å². The van der Waals surface area contributed by atoms with Crippen molar-refractivity contribution in [1.82, 2.24) is 9.78 Å². The minimum Gasteiger partial charge on any atom is -0.493 e. The Hall–Kier alpha value is -3.04. The number of nitrogens with zero attached hydrogens (tertiary/aromatic N) is 3. The fraction of sp³-hybridized carbons (Fsp3) is 0.412. The molecule has 0 aliphatic heterocycles. The number of hydrogen-bond acceptors (Lipinski definition) is 7. The molecule has 1 aromatic carbocycles. The lowest BCUT2D eigenvalue weighted by molar-refractivity contribution is 0.145. The molecule has 8 nitrogen and oxygen atoms in total. The molecule has 2 rings (SSSR count). The Morgan fingerprint density at radius 1 is 1.07 bits per heavy atom. The van der Waals surface area contributed by atoms with Crippen molar-refractivity contribution in [1.29, 1.82) is 0 Å². The van der Waals surface area contributed by atoms with Crippen molar-refractivity contribution in [2.45, 2.75) is 6.43 Å². The zero-order valence-corrected chi connectivity index (χ0v) is 15.7. The standard InChI is InChI=1S/C17H21F2N3O5/c1-22-15(8-11(20-22)17(18)19)27-9-12(21-26-5)10-6-13(23-2)16(25-4)14(7-10)24-3/h6-8,17H,9H2,1-5H3. The highest BCUT2D eigenvalue weighted by Gasteiger charge is 2.19. The molecule has 0 atom stereocenters. The van der Waals surface area contributed by atoms with Gasteiger partial charge >= 0.3 is 0 Å². The van der Waals surface area contributed by atoms with Gasteiger partial charge in [0.05, 0.1) is 21.3 Å². The summed E-state index contributed by atoms with van der Waals surface area (Å²) in [5, 5.41) is 7.65. The van der Waals surface area contributed by atoms with E-state index in [1.165, 1.54) is 46.2 Å². The van der Waals surface area contributed by atoms with Crippen molar-refractivity contribution in [3.8, 4) is 23.1 Å². The second-order valence-corrected chi connectivity index (χ2v) is 5.25. The Morgan fingerprint density at radius 2 is 1.70 bits per heavy atom. The summed E-state index contributed by atoms with van der Waals surface area (Å²) in [7, 11) is 7.37. The highest BCUT2D eigenvalue weighted by atomic mass is 19.3. The molecule has 0 radical (unpaired) electrons. The number of aromatic nitrogens is 2. The minimum atomic E-state index is -2.68. The molecule has 0 bridgehead atoms. The van der Waals surface area contributed by atoms with Crippen molar-refractivity contribution < 1.29 is 32.6 Å². The molecule has 0 aliphatic carbocycles. The Kier molecular flexibility index (Phi) is 6.80. The average molecular weight is 385 g/mol. The number of alkyl halides is 2. The lowest BCUT2D eigenvalue weighted by atomic mass is 10.1. The number of ether oxygens (including phenoxy) is 4. The van der Waals surface area contributed by atoms with Gasteiger partial charge in [0.25, 0.3) is 6.43 Å². The third kappa shape index (κ3) is 4.57. The predicted octanol–water partition coefficient (Wildman–Crippen LogP) is 2.81. The van der Waals surface area contributed by atoms with Crippen molar-refractivity contribution in [3.05, 3.63) is 29.5 Å². The highest BCUT2D eigenvalue weighted by Crippen LogP contribution is 2.38. The average Bonchev–Trinajstić information content (AvgIpc) is 3.04. The van der Waals surface area contributed by atoms with Gasteiger partial charge in [-0.1, -0.05) is 5.16 Å². The number of aryl methyl sites for hydroxylation is 1. The first kappa shape index (κ1) is 20.3. The van der Waals surface area contributed by atoms with E-state index < -0.39 is 6.43 Å². The molecule has 0 aliphatic rings. The zero-order valence-electron chi connectivity index (χ0n) is 15.7. The van der Waals surface area contributed by atoms with E-state index >= 15 is 0 Å². The summed E-state index contributed by atoms with van der Waals surface area (Å²) in [6.07, 6.45) is -2.68. The van der Waals surface area contributed by atoms with Crippen molar-refractivity contribution in [2.24, 2.45) is 12.2 Å². The number of methoxy groups -OCH3 is 3. The van der Waals surface area contributed by atoms with Crippen LogP contribution in [0.5, 0.6) is 23.1 Å². The van der Waals surface area contributed by atoms with Gasteiger partial charge in [0.2, 0.25) is 11.6 Å². The fourth-order valence-electron chi connectivity index (χ4n) is 2.38. The van der Waals surface area contributed by atoms with E-state index in [1.54, 1.807) is 12.1 Å². The maximum atomic E-state index is 12.8. The number of halogens is 2. The van der Waals surface area contributed by atoms with E-state index in [9.17, 15) is 8.78 Å². The molecule has 0 spiro atoms. The van der Waals surface area contributed by atoms with Crippen LogP contribution in [-0.2, 0) is 11.9 Å². The van der Waals surface area contributed by atoms with Crippen LogP contribution in [0.25, 0.3) is 0 Å². The van der Waals surface area contributed by atoms with Gasteiger partial charge in [0.1, 0.15) is 25.1 Å². The summed E-state index contributed by atoms with van der Waals surface area (Å²) in [6.45, 7) is -0.0608. The van der Waals surface area contributed by atoms with E-state index in [0.717, 1.165) is 0 Å². The molecular weight excluding hydrogens is 364 g/mol. The normalized spacial score (nSPS) is 11.5. The van der Waals surface area contributed by atoms with Crippen LogP contribution in [0.15, 0.2) is 23.4 Å². The van der Waals surface area contributed by atoms with E-state index in [2.05, 4.69) is 10.3 Å². The Morgan fingerprint density at radius 3 is 2.15 bits per heavy atom. The number of benzene rings is 1. The molecule has 0 amide bonds. The SMILES string of the molecule is CON=C(COc1cc(C(F)F)nn1C)c1cc(OC)c(OC)c(OC)c1. The van der Waals surface area contributed by atoms with E-state index in [0.29, 0.717) is 28.5 Å². The Labute approximate surface area is 155 Å². The monoisotopic (exact) mass is 385 g/mol. The minimum absolute atomic E-state index is 0.0608. The summed E-state index contributed by atoms with van der Waals surface area (Å²) in [5.74, 6) is 1.45. The molecule has 0 N–H and O–H groups in total. The maximum Gasteiger partial charge on any atom is 0.282 e. The molecule has 1 aromatic heterocycles. The first-order valence-electron chi connectivity index (χ1n) is 7.80. The van der Waals surface area contributed by atoms with Crippen LogP contribution < -0.4 is 18.9 Å². The van der Waals surface area contributed by atoms with E-state index in [-0.39, 0.29) is 18.2 Å². The Balaban J connectivity index is 2.31. The van der Waals surface area contributed by atoms with Crippen LogP contribution in [-0.4, -0.2) is 50.5 Å². The van der Waals surface area contributed by atoms with Gasteiger partial charge in [-0.2, -0.15) is 5.10 Å². The molecule has 0 unspecified atom stereocenters. The van der Waals surface area contributed by atoms with Gasteiger partial charge in [0, 0.05) is 18.7 Å². The van der Waals surface area contributed by atoms with Crippen molar-refractivity contribution >= 4 is 5.71 Å². The van der Waals surface area contributed by atoms with Crippen molar-refractivity contribution in [2.75, 3.05) is 35.0 Å². The van der Waals surface area contributed by atoms with Gasteiger partial charge in [0.15, 0.2) is 11.5 Å². The topological polar surface area (TPSA) is 76.3 Å². The molecular formula is C17H21F2N3O5. The van der Waals surface area contributed by atoms with Crippen LogP contribution in [0.1, 0.15) is 17.7 Å². The summed E-state index contributed by atoms with van der Waals surface area (Å²) >= 11 is 0. The lowest BCUT2D eigenvalue weighted by Gasteiger charge is -2.15. The van der Waals surface area contributed by atoms with Gasteiger partial charge < -0.3 is 23.8 Å². The molecule has 0 fully saturated rings. The largest absolute Gasteiger partial charge is 0.493 e. The van der Waals surface area contributed by atoms with Gasteiger partial charge in [-0.25, -0.2) is 13.5 Å². The second-order valence-electron chi connectivity index (χ2n) is 5.25. The highest BCUT2D eigenvalue weighted by molar-refractivity contribution is 6.02. The van der Waals surface area contributed by atoms with Crippen LogP contribution in [0.2, 0.25) is 0 Å². The third-order valence-corrected chi connectivity index (χ3v) is 3.64. The van der Waals surface area contributed by atoms with Gasteiger partial charge in [-0.05, 0) is 12.1 Å². The zero-order chi connectivity index (χ0) is 20.0. The molecule has 0 saturated carbocycles. The summed E-state index contributed by atoms with van der Waals surface area (Å²) in [6, 6.07) is 4.52. The quantitative estimate of drug-likeness (QED) is 0.488. The smallest absolute Gasteiger partial charge is 0.282 e. The summed E-state index contributed by atoms with van der Waals surface area (Å²) < 4.78 is 48.3. The molecule has 0 saturated heterocycles. The van der Waals surface area contributed by atoms with E-state index in [1.807, 2.05) is 0 Å². The van der Waals surface area contributed by atoms with Crippen LogP contribution >= 0.6 is 0 Å². The van der Waals surface area contributed by atoms with Gasteiger partial charge in [-0.3, -0.25) is 0 Å². The Bertz CT molecular complexity index is 783. The van der Waals surface area contributed by atoms with Gasteiger partial charge in [-0.15, -0.1) is 0 Å². The molecule has 10 heteroatoms. The van der Waals surface area contributed by atoms with E-state index in [4.69, 9.17) is 23.8 Å². The third-order valence-electron chi connectivity index (χ3n) is 3.64. The summed E-state index contributed by atoms with van der Waals surface area (Å²) in [4.78, 5) is 4.88. The van der Waals surface area contributed by atoms with Crippen LogP contribution in [0.3, 0.4) is 0 Å². The van der Waals surface area contributed by atoms with Crippen molar-refractivity contribution in [3.63, 3.8) is 0 Å². The number of rotatable bonds is 9. The molecule has 2 aromatic rings. The first-order valence-corrected chi connectivity index (χ1v) is 7.80. The molecule has 27 heavy (non-hydrogen) atoms.